The van der Waals surface area contributed by atoms with Gasteiger partial charge in [-0.05, 0) is 67.4 Å². The molecule has 1 aliphatic carbocycles. The summed E-state index contributed by atoms with van der Waals surface area (Å²) >= 11 is 11.2. The van der Waals surface area contributed by atoms with Crippen LogP contribution in [0.3, 0.4) is 0 Å². The Morgan fingerprint density at radius 1 is 0.824 bits per heavy atom. The van der Waals surface area contributed by atoms with Crippen LogP contribution in [0.4, 0.5) is 0 Å². The first kappa shape index (κ1) is 31.6. The molecule has 1 rings (SSSR count). The maximum atomic E-state index is 6.71. The zero-order chi connectivity index (χ0) is 25.5. The molecular formula is C28H54N2O2S2. The van der Waals surface area contributed by atoms with Gasteiger partial charge in [-0.15, -0.1) is 0 Å². The molecule has 0 aromatic rings. The fraction of sp³-hybridized carbons (Fsp3) is 0.929. The third-order valence-corrected chi connectivity index (χ3v) is 7.80. The van der Waals surface area contributed by atoms with E-state index in [1.807, 2.05) is 0 Å². The predicted molar refractivity (Wildman–Crippen MR) is 154 cm³/mol. The van der Waals surface area contributed by atoms with Crippen LogP contribution in [0.2, 0.25) is 0 Å². The Balaban J connectivity index is 2.46. The van der Waals surface area contributed by atoms with Crippen LogP contribution in [-0.2, 0) is 9.47 Å². The molecule has 200 valence electrons. The molecule has 1 fully saturated rings. The average molecular weight is 515 g/mol. The molecule has 0 aliphatic heterocycles. The fourth-order valence-corrected chi connectivity index (χ4v) is 6.18. The zero-order valence-electron chi connectivity index (χ0n) is 22.9. The van der Waals surface area contributed by atoms with Crippen molar-refractivity contribution in [3.8, 4) is 0 Å². The van der Waals surface area contributed by atoms with Crippen molar-refractivity contribution in [3.63, 3.8) is 0 Å². The molecule has 0 aromatic heterocycles. The number of hydrogen-bond acceptors (Lipinski definition) is 5. The van der Waals surface area contributed by atoms with Crippen molar-refractivity contribution in [2.24, 2.45) is 16.6 Å². The quantitative estimate of drug-likeness (QED) is 0.152. The highest BCUT2D eigenvalue weighted by Crippen LogP contribution is 2.48. The summed E-state index contributed by atoms with van der Waals surface area (Å²) in [5, 5.41) is 4.57. The number of thiocarbonyl (C=S) groups is 2. The van der Waals surface area contributed by atoms with Gasteiger partial charge in [0.25, 0.3) is 5.17 Å². The molecular weight excluding hydrogens is 460 g/mol. The monoisotopic (exact) mass is 514 g/mol. The Kier molecular flexibility index (Phi) is 15.9. The summed E-state index contributed by atoms with van der Waals surface area (Å²) in [7, 11) is 0. The molecule has 3 N–H and O–H groups in total. The topological polar surface area (TPSA) is 56.5 Å². The van der Waals surface area contributed by atoms with E-state index in [4.69, 9.17) is 39.6 Å². The second kappa shape index (κ2) is 17.1. The van der Waals surface area contributed by atoms with Crippen molar-refractivity contribution >= 4 is 34.7 Å². The summed E-state index contributed by atoms with van der Waals surface area (Å²) in [4.78, 5) is 0. The molecule has 0 bridgehead atoms. The molecule has 4 nitrogen and oxygen atoms in total. The van der Waals surface area contributed by atoms with Gasteiger partial charge in [0.05, 0.1) is 19.3 Å². The Hall–Kier alpha value is -0.460. The molecule has 0 spiro atoms. The zero-order valence-corrected chi connectivity index (χ0v) is 24.5. The molecule has 0 aromatic carbocycles. The molecule has 1 saturated carbocycles. The molecule has 0 saturated heterocycles. The predicted octanol–water partition coefficient (Wildman–Crippen LogP) is 7.85. The smallest absolute Gasteiger partial charge is 0.256 e. The Morgan fingerprint density at radius 3 is 1.88 bits per heavy atom. The van der Waals surface area contributed by atoms with Gasteiger partial charge in [-0.25, -0.2) is 0 Å². The van der Waals surface area contributed by atoms with Crippen molar-refractivity contribution < 1.29 is 9.47 Å². The summed E-state index contributed by atoms with van der Waals surface area (Å²) in [5.41, 5.74) is 6.72. The lowest BCUT2D eigenvalue weighted by Crippen LogP contribution is -2.55. The molecule has 6 heteroatoms. The van der Waals surface area contributed by atoms with Gasteiger partial charge >= 0.3 is 0 Å². The van der Waals surface area contributed by atoms with E-state index >= 15 is 0 Å². The summed E-state index contributed by atoms with van der Waals surface area (Å²) in [6.45, 7) is 12.7. The highest BCUT2D eigenvalue weighted by Gasteiger charge is 2.46. The average Bonchev–Trinajstić information content (AvgIpc) is 2.75. The number of unbranched alkanes of at least 4 members (excludes halogenated alkanes) is 10. The standard InChI is InChI=1S/C28H54N2O2S2/c1-6-8-10-12-14-16-18-31-25(33)24(29)28(5)21-23(20-27(3,4)22-28)30-26(34)32-19-17-15-13-11-9-7-2/h23-24H,6-22,29H2,1-5H3,(H,30,34). The number of nitrogens with two attached hydrogens (primary N) is 1. The Labute approximate surface area is 221 Å². The Bertz CT molecular complexity index is 585. The van der Waals surface area contributed by atoms with Crippen LogP contribution < -0.4 is 11.1 Å². The van der Waals surface area contributed by atoms with E-state index in [9.17, 15) is 0 Å². The van der Waals surface area contributed by atoms with Crippen LogP contribution in [0.15, 0.2) is 0 Å². The van der Waals surface area contributed by atoms with Crippen molar-refractivity contribution in [2.75, 3.05) is 13.2 Å². The van der Waals surface area contributed by atoms with Crippen molar-refractivity contribution in [1.82, 2.24) is 5.32 Å². The van der Waals surface area contributed by atoms with Crippen LogP contribution in [0.1, 0.15) is 131 Å². The van der Waals surface area contributed by atoms with E-state index in [1.165, 1.54) is 64.2 Å². The van der Waals surface area contributed by atoms with E-state index in [0.717, 1.165) is 32.1 Å². The van der Waals surface area contributed by atoms with E-state index in [0.29, 0.717) is 23.4 Å². The van der Waals surface area contributed by atoms with E-state index in [1.54, 1.807) is 0 Å². The van der Waals surface area contributed by atoms with Crippen LogP contribution >= 0.6 is 24.4 Å². The maximum absolute atomic E-state index is 6.71. The van der Waals surface area contributed by atoms with Gasteiger partial charge in [0.15, 0.2) is 5.05 Å². The summed E-state index contributed by atoms with van der Waals surface area (Å²) in [5.74, 6) is 0. The van der Waals surface area contributed by atoms with Crippen molar-refractivity contribution in [2.45, 2.75) is 143 Å². The Morgan fingerprint density at radius 2 is 1.32 bits per heavy atom. The van der Waals surface area contributed by atoms with Crippen LogP contribution in [0.25, 0.3) is 0 Å². The lowest BCUT2D eigenvalue weighted by atomic mass is 9.60. The summed E-state index contributed by atoms with van der Waals surface area (Å²) in [6, 6.07) is -0.0257. The minimum atomic E-state index is -0.260. The first-order chi connectivity index (χ1) is 16.1. The lowest BCUT2D eigenvalue weighted by Gasteiger charge is -2.49. The number of rotatable bonds is 17. The van der Waals surface area contributed by atoms with E-state index in [2.05, 4.69) is 39.9 Å². The largest absolute Gasteiger partial charge is 0.485 e. The first-order valence-corrected chi connectivity index (χ1v) is 14.8. The second-order valence-corrected chi connectivity index (χ2v) is 12.3. The van der Waals surface area contributed by atoms with Crippen molar-refractivity contribution in [1.29, 1.82) is 0 Å². The number of nitrogens with one attached hydrogen (secondary N) is 1. The van der Waals surface area contributed by atoms with Crippen LogP contribution in [-0.4, -0.2) is 35.5 Å². The second-order valence-electron chi connectivity index (χ2n) is 11.6. The van der Waals surface area contributed by atoms with Gasteiger partial charge in [0.2, 0.25) is 0 Å². The molecule has 3 atom stereocenters. The van der Waals surface area contributed by atoms with Gasteiger partial charge < -0.3 is 20.5 Å². The van der Waals surface area contributed by atoms with Gasteiger partial charge in [-0.1, -0.05) is 98.8 Å². The van der Waals surface area contributed by atoms with Gasteiger partial charge in [0.1, 0.15) is 0 Å². The highest BCUT2D eigenvalue weighted by molar-refractivity contribution is 7.80. The van der Waals surface area contributed by atoms with E-state index < -0.39 is 0 Å². The van der Waals surface area contributed by atoms with Gasteiger partial charge in [-0.2, -0.15) is 0 Å². The summed E-state index contributed by atoms with van der Waals surface area (Å²) in [6.07, 6.45) is 17.9. The normalized spacial score (nSPS) is 22.7. The molecule has 0 radical (unpaired) electrons. The van der Waals surface area contributed by atoms with Crippen LogP contribution in [0, 0.1) is 10.8 Å². The molecule has 0 amide bonds. The maximum Gasteiger partial charge on any atom is 0.256 e. The fourth-order valence-electron chi connectivity index (χ4n) is 5.56. The van der Waals surface area contributed by atoms with Crippen molar-refractivity contribution in [3.05, 3.63) is 0 Å². The minimum Gasteiger partial charge on any atom is -0.485 e. The van der Waals surface area contributed by atoms with E-state index in [-0.39, 0.29) is 22.9 Å². The van der Waals surface area contributed by atoms with Gasteiger partial charge in [0, 0.05) is 6.04 Å². The SMILES string of the molecule is CCCCCCCCOC(=S)NC1CC(C)(C)CC(C)(C(N)C(=S)OCCCCCCCC)C1. The molecule has 1 aliphatic rings. The minimum absolute atomic E-state index is 0.132. The molecule has 3 unspecified atom stereocenters. The highest BCUT2D eigenvalue weighted by atomic mass is 32.1. The third-order valence-electron chi connectivity index (χ3n) is 7.19. The number of ether oxygens (including phenoxy) is 2. The lowest BCUT2D eigenvalue weighted by molar-refractivity contribution is 0.0638. The summed E-state index contributed by atoms with van der Waals surface area (Å²) < 4.78 is 11.8. The molecule has 34 heavy (non-hydrogen) atoms. The first-order valence-electron chi connectivity index (χ1n) is 14.0. The van der Waals surface area contributed by atoms with Gasteiger partial charge in [-0.3, -0.25) is 0 Å². The number of hydrogen-bond donors (Lipinski definition) is 2. The van der Waals surface area contributed by atoms with Crippen LogP contribution in [0.5, 0.6) is 0 Å². The molecule has 0 heterocycles. The third kappa shape index (κ3) is 13.0.